The average Bonchev–Trinajstić information content (AvgIpc) is 2.91. The van der Waals surface area contributed by atoms with Gasteiger partial charge in [0.2, 0.25) is 10.0 Å². The number of halogens is 1. The average molecular weight is 335 g/mol. The molecule has 0 aromatic heterocycles. The predicted molar refractivity (Wildman–Crippen MR) is 76.5 cm³/mol. The summed E-state index contributed by atoms with van der Waals surface area (Å²) in [6, 6.07) is 4.07. The Morgan fingerprint density at radius 3 is 2.05 bits per heavy atom. The molecule has 1 aliphatic rings. The van der Waals surface area contributed by atoms with Crippen LogP contribution in [0.15, 0.2) is 34.1 Å². The fourth-order valence-corrected chi connectivity index (χ4v) is 4.07. The molecule has 0 heterocycles. The molecular formula is C13H18FNO4S2. The van der Waals surface area contributed by atoms with Crippen molar-refractivity contribution in [2.45, 2.75) is 41.9 Å². The van der Waals surface area contributed by atoms with Crippen molar-refractivity contribution in [3.63, 3.8) is 0 Å². The van der Waals surface area contributed by atoms with Gasteiger partial charge in [0, 0.05) is 6.54 Å². The molecule has 1 N–H and O–H groups in total. The third-order valence-electron chi connectivity index (χ3n) is 3.73. The molecule has 5 nitrogen and oxygen atoms in total. The Balaban J connectivity index is 1.98. The summed E-state index contributed by atoms with van der Waals surface area (Å²) in [6.45, 7) is 0.357. The standard InChI is InChI=1S/C13H18FNO4S2/c14-20(16,17)12-5-7-13(8-6-12)21(18,19)15-10-9-11-3-1-2-4-11/h5-8,11,15H,1-4,9-10H2. The van der Waals surface area contributed by atoms with Crippen LogP contribution in [0.1, 0.15) is 32.1 Å². The van der Waals surface area contributed by atoms with Gasteiger partial charge in [-0.3, -0.25) is 0 Å². The van der Waals surface area contributed by atoms with Gasteiger partial charge >= 0.3 is 10.2 Å². The normalized spacial score (nSPS) is 17.2. The van der Waals surface area contributed by atoms with Crippen molar-refractivity contribution >= 4 is 20.2 Å². The van der Waals surface area contributed by atoms with Gasteiger partial charge in [0.25, 0.3) is 0 Å². The minimum atomic E-state index is -4.81. The number of nitrogens with one attached hydrogen (secondary N) is 1. The van der Waals surface area contributed by atoms with E-state index in [-0.39, 0.29) is 4.90 Å². The lowest BCUT2D eigenvalue weighted by atomic mass is 10.1. The Hall–Kier alpha value is -0.990. The number of sulfonamides is 1. The maximum Gasteiger partial charge on any atom is 0.332 e. The molecular weight excluding hydrogens is 317 g/mol. The third kappa shape index (κ3) is 4.49. The van der Waals surface area contributed by atoms with Gasteiger partial charge in [-0.05, 0) is 36.6 Å². The summed E-state index contributed by atoms with van der Waals surface area (Å²) in [5.74, 6) is 0.576. The number of hydrogen-bond donors (Lipinski definition) is 1. The molecule has 0 atom stereocenters. The monoisotopic (exact) mass is 335 g/mol. The Morgan fingerprint density at radius 1 is 1.00 bits per heavy atom. The van der Waals surface area contributed by atoms with E-state index in [2.05, 4.69) is 4.72 Å². The molecule has 1 saturated carbocycles. The summed E-state index contributed by atoms with van der Waals surface area (Å²) in [4.78, 5) is -0.617. The summed E-state index contributed by atoms with van der Waals surface area (Å²) in [5, 5.41) is 0. The van der Waals surface area contributed by atoms with Crippen molar-refractivity contribution in [2.75, 3.05) is 6.54 Å². The largest absolute Gasteiger partial charge is 0.332 e. The Bertz CT molecular complexity index is 677. The maximum atomic E-state index is 12.7. The van der Waals surface area contributed by atoms with Crippen LogP contribution >= 0.6 is 0 Å². The van der Waals surface area contributed by atoms with Crippen LogP contribution in [0.25, 0.3) is 0 Å². The Morgan fingerprint density at radius 2 is 1.52 bits per heavy atom. The van der Waals surface area contributed by atoms with Gasteiger partial charge in [0.1, 0.15) is 0 Å². The molecule has 1 aromatic rings. The summed E-state index contributed by atoms with van der Waals surface area (Å²) >= 11 is 0. The SMILES string of the molecule is O=S(=O)(F)c1ccc(S(=O)(=O)NCCC2CCCC2)cc1. The third-order valence-corrected chi connectivity index (χ3v) is 6.05. The van der Waals surface area contributed by atoms with Gasteiger partial charge in [0.15, 0.2) is 0 Å². The van der Waals surface area contributed by atoms with Crippen LogP contribution in [0, 0.1) is 5.92 Å². The van der Waals surface area contributed by atoms with Crippen molar-refractivity contribution in [3.05, 3.63) is 24.3 Å². The molecule has 0 amide bonds. The highest BCUT2D eigenvalue weighted by atomic mass is 32.3. The molecule has 1 aliphatic carbocycles. The van der Waals surface area contributed by atoms with Crippen LogP contribution in [-0.2, 0) is 20.2 Å². The number of rotatable bonds is 6. The van der Waals surface area contributed by atoms with Crippen LogP contribution in [0.2, 0.25) is 0 Å². The summed E-state index contributed by atoms with van der Waals surface area (Å²) in [7, 11) is -8.49. The van der Waals surface area contributed by atoms with E-state index in [0.717, 1.165) is 43.5 Å². The summed E-state index contributed by atoms with van der Waals surface area (Å²) in [6.07, 6.45) is 5.50. The molecule has 1 aromatic carbocycles. The number of benzene rings is 1. The van der Waals surface area contributed by atoms with Crippen LogP contribution < -0.4 is 4.72 Å². The van der Waals surface area contributed by atoms with Crippen molar-refractivity contribution in [2.24, 2.45) is 5.92 Å². The summed E-state index contributed by atoms with van der Waals surface area (Å²) < 4.78 is 60.6. The van der Waals surface area contributed by atoms with Gasteiger partial charge < -0.3 is 0 Å². The molecule has 0 radical (unpaired) electrons. The van der Waals surface area contributed by atoms with E-state index < -0.39 is 25.1 Å². The first kappa shape index (κ1) is 16.4. The highest BCUT2D eigenvalue weighted by Gasteiger charge is 2.19. The first-order valence-corrected chi connectivity index (χ1v) is 9.70. The molecule has 0 bridgehead atoms. The second kappa shape index (κ2) is 6.41. The van der Waals surface area contributed by atoms with E-state index in [9.17, 15) is 20.7 Å². The zero-order valence-corrected chi connectivity index (χ0v) is 13.1. The lowest BCUT2D eigenvalue weighted by Crippen LogP contribution is -2.26. The van der Waals surface area contributed by atoms with Crippen molar-refractivity contribution in [3.8, 4) is 0 Å². The van der Waals surface area contributed by atoms with Gasteiger partial charge in [0.05, 0.1) is 9.79 Å². The van der Waals surface area contributed by atoms with Gasteiger partial charge in [-0.1, -0.05) is 25.7 Å². The van der Waals surface area contributed by atoms with Crippen LogP contribution in [-0.4, -0.2) is 23.4 Å². The quantitative estimate of drug-likeness (QED) is 0.808. The zero-order chi connectivity index (χ0) is 15.5. The van der Waals surface area contributed by atoms with Crippen LogP contribution in [0.3, 0.4) is 0 Å². The molecule has 2 rings (SSSR count). The van der Waals surface area contributed by atoms with E-state index in [4.69, 9.17) is 0 Å². The summed E-state index contributed by atoms with van der Waals surface area (Å²) in [5.41, 5.74) is 0. The Labute approximate surface area is 124 Å². The van der Waals surface area contributed by atoms with Crippen molar-refractivity contribution in [1.82, 2.24) is 4.72 Å². The van der Waals surface area contributed by atoms with Crippen molar-refractivity contribution < 1.29 is 20.7 Å². The molecule has 118 valence electrons. The van der Waals surface area contributed by atoms with Gasteiger partial charge in [-0.15, -0.1) is 3.89 Å². The lowest BCUT2D eigenvalue weighted by Gasteiger charge is -2.10. The van der Waals surface area contributed by atoms with Gasteiger partial charge in [-0.2, -0.15) is 8.42 Å². The molecule has 0 saturated heterocycles. The predicted octanol–water partition coefficient (Wildman–Crippen LogP) is 2.20. The molecule has 0 unspecified atom stereocenters. The second-order valence-corrected chi connectivity index (χ2v) is 8.36. The molecule has 1 fully saturated rings. The fourth-order valence-electron chi connectivity index (χ4n) is 2.56. The van der Waals surface area contributed by atoms with E-state index in [1.165, 1.54) is 12.8 Å². The van der Waals surface area contributed by atoms with Crippen LogP contribution in [0.4, 0.5) is 3.89 Å². The van der Waals surface area contributed by atoms with Gasteiger partial charge in [-0.25, -0.2) is 13.1 Å². The fraction of sp³-hybridized carbons (Fsp3) is 0.538. The number of hydrogen-bond acceptors (Lipinski definition) is 4. The minimum absolute atomic E-state index is 0.0682. The van der Waals surface area contributed by atoms with E-state index >= 15 is 0 Å². The minimum Gasteiger partial charge on any atom is -0.211 e. The zero-order valence-electron chi connectivity index (χ0n) is 11.5. The molecule has 8 heteroatoms. The maximum absolute atomic E-state index is 12.7. The molecule has 0 spiro atoms. The van der Waals surface area contributed by atoms with Crippen LogP contribution in [0.5, 0.6) is 0 Å². The highest BCUT2D eigenvalue weighted by molar-refractivity contribution is 7.89. The van der Waals surface area contributed by atoms with E-state index in [0.29, 0.717) is 12.5 Å². The first-order chi connectivity index (χ1) is 9.79. The van der Waals surface area contributed by atoms with E-state index in [1.54, 1.807) is 0 Å². The Kier molecular flexibility index (Phi) is 5.00. The smallest absolute Gasteiger partial charge is 0.211 e. The van der Waals surface area contributed by atoms with E-state index in [1.807, 2.05) is 0 Å². The van der Waals surface area contributed by atoms with Crippen molar-refractivity contribution in [1.29, 1.82) is 0 Å². The first-order valence-electron chi connectivity index (χ1n) is 6.83. The lowest BCUT2D eigenvalue weighted by molar-refractivity contribution is 0.495. The topological polar surface area (TPSA) is 80.3 Å². The molecule has 0 aliphatic heterocycles. The second-order valence-electron chi connectivity index (χ2n) is 5.25. The molecule has 21 heavy (non-hydrogen) atoms. The highest BCUT2D eigenvalue weighted by Crippen LogP contribution is 2.27.